The van der Waals surface area contributed by atoms with Crippen LogP contribution in [0.5, 0.6) is 5.75 Å². The first kappa shape index (κ1) is 18.8. The number of guanidine groups is 1. The van der Waals surface area contributed by atoms with E-state index in [1.165, 1.54) is 11.1 Å². The molecule has 0 bridgehead atoms. The molecule has 1 spiro atoms. The molecular formula is C22H19ClN4O2. The van der Waals surface area contributed by atoms with Crippen molar-refractivity contribution < 1.29 is 9.53 Å². The maximum absolute atomic E-state index is 13.4. The van der Waals surface area contributed by atoms with E-state index in [-0.39, 0.29) is 11.9 Å². The number of ether oxygens (including phenoxy) is 1. The topological polar surface area (TPSA) is 93.9 Å². The highest BCUT2D eigenvalue weighted by atomic mass is 35.5. The van der Waals surface area contributed by atoms with E-state index in [0.717, 1.165) is 11.1 Å². The van der Waals surface area contributed by atoms with Crippen LogP contribution >= 0.6 is 11.6 Å². The molecule has 2 aliphatic heterocycles. The lowest BCUT2D eigenvalue weighted by Gasteiger charge is -2.35. The highest BCUT2D eigenvalue weighted by molar-refractivity contribution is 6.30. The molecule has 2 aromatic carbocycles. The summed E-state index contributed by atoms with van der Waals surface area (Å²) in [5.41, 5.74) is 13.3. The number of fused-ring (bicyclic) bond motifs is 2. The van der Waals surface area contributed by atoms with Crippen molar-refractivity contribution in [3.8, 4) is 16.9 Å². The molecule has 0 saturated heterocycles. The summed E-state index contributed by atoms with van der Waals surface area (Å²) < 4.78 is 5.98. The zero-order valence-corrected chi connectivity index (χ0v) is 16.5. The number of nitrogens with two attached hydrogens (primary N) is 2. The smallest absolute Gasteiger partial charge is 0.266 e. The number of carbonyl (C=O) groups is 1. The van der Waals surface area contributed by atoms with Gasteiger partial charge < -0.3 is 16.2 Å². The first-order chi connectivity index (χ1) is 13.9. The SMILES string of the molecule is C=C/C=C1\C(=C/N)Oc2ccc(-c3cccc(Cl)c3)cc2C12N=C(N)N(C)C2=O. The number of halogens is 1. The summed E-state index contributed by atoms with van der Waals surface area (Å²) in [6.45, 7) is 3.75. The van der Waals surface area contributed by atoms with Crippen LogP contribution in [-0.4, -0.2) is 23.8 Å². The normalized spacial score (nSPS) is 23.3. The fourth-order valence-corrected chi connectivity index (χ4v) is 3.87. The Morgan fingerprint density at radius 1 is 1.24 bits per heavy atom. The predicted octanol–water partition coefficient (Wildman–Crippen LogP) is 3.29. The number of nitrogens with zero attached hydrogens (tertiary/aromatic N) is 2. The molecule has 2 heterocycles. The number of amides is 1. The van der Waals surface area contributed by atoms with Crippen LogP contribution in [0.1, 0.15) is 5.56 Å². The fourth-order valence-electron chi connectivity index (χ4n) is 3.68. The number of carbonyl (C=O) groups excluding carboxylic acids is 1. The second kappa shape index (κ2) is 6.83. The van der Waals surface area contributed by atoms with E-state index < -0.39 is 5.54 Å². The molecule has 146 valence electrons. The van der Waals surface area contributed by atoms with Crippen LogP contribution in [-0.2, 0) is 10.3 Å². The van der Waals surface area contributed by atoms with E-state index in [2.05, 4.69) is 11.6 Å². The van der Waals surface area contributed by atoms with E-state index in [4.69, 9.17) is 27.8 Å². The van der Waals surface area contributed by atoms with Crippen molar-refractivity contribution in [2.24, 2.45) is 16.5 Å². The van der Waals surface area contributed by atoms with Crippen LogP contribution in [0.3, 0.4) is 0 Å². The Labute approximate surface area is 173 Å². The minimum atomic E-state index is -1.40. The van der Waals surface area contributed by atoms with Crippen LogP contribution in [0, 0.1) is 0 Å². The van der Waals surface area contributed by atoms with Gasteiger partial charge in [0.05, 0.1) is 0 Å². The molecule has 0 aromatic heterocycles. The first-order valence-corrected chi connectivity index (χ1v) is 9.27. The number of likely N-dealkylation sites (N-methyl/N-ethyl adjacent to an activating group) is 1. The molecule has 2 aromatic rings. The number of aliphatic imine (C=N–C) groups is 1. The molecule has 0 aliphatic carbocycles. The third-order valence-electron chi connectivity index (χ3n) is 5.08. The van der Waals surface area contributed by atoms with Crippen molar-refractivity contribution in [1.29, 1.82) is 0 Å². The molecule has 4 rings (SSSR count). The van der Waals surface area contributed by atoms with Gasteiger partial charge in [0, 0.05) is 29.4 Å². The van der Waals surface area contributed by atoms with Gasteiger partial charge in [-0.15, -0.1) is 0 Å². The van der Waals surface area contributed by atoms with Crippen molar-refractivity contribution in [1.82, 2.24) is 4.90 Å². The lowest BCUT2D eigenvalue weighted by molar-refractivity contribution is -0.129. The van der Waals surface area contributed by atoms with E-state index in [1.807, 2.05) is 30.3 Å². The van der Waals surface area contributed by atoms with Crippen molar-refractivity contribution >= 4 is 23.5 Å². The Balaban J connectivity index is 2.03. The zero-order chi connectivity index (χ0) is 20.8. The number of rotatable bonds is 2. The van der Waals surface area contributed by atoms with Crippen molar-refractivity contribution in [2.75, 3.05) is 7.05 Å². The minimum absolute atomic E-state index is 0.113. The first-order valence-electron chi connectivity index (χ1n) is 8.89. The van der Waals surface area contributed by atoms with Crippen LogP contribution in [0.15, 0.2) is 83.7 Å². The number of allylic oxidation sites excluding steroid dienone is 2. The summed E-state index contributed by atoms with van der Waals surface area (Å²) >= 11 is 6.16. The second-order valence-corrected chi connectivity index (χ2v) is 7.15. The Morgan fingerprint density at radius 3 is 2.62 bits per heavy atom. The Hall–Kier alpha value is -3.51. The summed E-state index contributed by atoms with van der Waals surface area (Å²) in [6.07, 6.45) is 4.54. The van der Waals surface area contributed by atoms with Gasteiger partial charge in [0.15, 0.2) is 5.96 Å². The van der Waals surface area contributed by atoms with Crippen LogP contribution in [0.2, 0.25) is 5.02 Å². The molecule has 1 unspecified atom stereocenters. The van der Waals surface area contributed by atoms with Gasteiger partial charge in [-0.1, -0.05) is 48.5 Å². The largest absolute Gasteiger partial charge is 0.455 e. The second-order valence-electron chi connectivity index (χ2n) is 6.71. The van der Waals surface area contributed by atoms with Crippen molar-refractivity contribution in [3.63, 3.8) is 0 Å². The minimum Gasteiger partial charge on any atom is -0.455 e. The number of hydrogen-bond donors (Lipinski definition) is 2. The summed E-state index contributed by atoms with van der Waals surface area (Å²) in [5.74, 6) is 0.625. The van der Waals surface area contributed by atoms with Gasteiger partial charge in [-0.05, 0) is 35.4 Å². The third kappa shape index (κ3) is 2.72. The molecule has 0 fully saturated rings. The Morgan fingerprint density at radius 2 is 2.00 bits per heavy atom. The van der Waals surface area contributed by atoms with Gasteiger partial charge in [-0.25, -0.2) is 4.99 Å². The van der Waals surface area contributed by atoms with E-state index in [9.17, 15) is 4.79 Å². The number of hydrogen-bond acceptors (Lipinski definition) is 5. The van der Waals surface area contributed by atoms with Gasteiger partial charge in [0.2, 0.25) is 5.54 Å². The molecular weight excluding hydrogens is 388 g/mol. The Bertz CT molecular complexity index is 1140. The maximum Gasteiger partial charge on any atom is 0.266 e. The standard InChI is InChI=1S/C22H19ClN4O2/c1-3-5-16-19(12-24)29-18-9-8-14(13-6-4-7-15(23)10-13)11-17(18)22(16)20(28)27(2)21(25)26-22/h3-12H,1,24H2,2H3,(H2,25,26)/b16-5+,19-12+. The molecule has 6 nitrogen and oxygen atoms in total. The van der Waals surface area contributed by atoms with E-state index in [0.29, 0.717) is 27.7 Å². The highest BCUT2D eigenvalue weighted by Gasteiger charge is 2.55. The summed E-state index contributed by atoms with van der Waals surface area (Å²) in [4.78, 5) is 19.3. The molecule has 1 amide bonds. The highest BCUT2D eigenvalue weighted by Crippen LogP contribution is 2.51. The van der Waals surface area contributed by atoms with Gasteiger partial charge in [-0.2, -0.15) is 0 Å². The Kier molecular flexibility index (Phi) is 4.43. The van der Waals surface area contributed by atoms with Gasteiger partial charge in [0.1, 0.15) is 11.5 Å². The molecule has 0 saturated carbocycles. The van der Waals surface area contributed by atoms with Crippen molar-refractivity contribution in [3.05, 3.63) is 89.3 Å². The maximum atomic E-state index is 13.4. The lowest BCUT2D eigenvalue weighted by atomic mass is 9.78. The van der Waals surface area contributed by atoms with Gasteiger partial charge in [-0.3, -0.25) is 9.69 Å². The molecule has 1 atom stereocenters. The van der Waals surface area contributed by atoms with E-state index >= 15 is 0 Å². The van der Waals surface area contributed by atoms with E-state index in [1.54, 1.807) is 31.3 Å². The monoisotopic (exact) mass is 406 g/mol. The average molecular weight is 407 g/mol. The fraction of sp³-hybridized carbons (Fsp3) is 0.0909. The van der Waals surface area contributed by atoms with Crippen LogP contribution in [0.4, 0.5) is 0 Å². The van der Waals surface area contributed by atoms with Gasteiger partial charge >= 0.3 is 0 Å². The lowest BCUT2D eigenvalue weighted by Crippen LogP contribution is -2.44. The zero-order valence-electron chi connectivity index (χ0n) is 15.7. The van der Waals surface area contributed by atoms with Crippen LogP contribution < -0.4 is 16.2 Å². The number of benzene rings is 2. The summed E-state index contributed by atoms with van der Waals surface area (Å²) in [5, 5.41) is 0.616. The van der Waals surface area contributed by atoms with Crippen molar-refractivity contribution in [2.45, 2.75) is 5.54 Å². The quantitative estimate of drug-likeness (QED) is 0.800. The van der Waals surface area contributed by atoms with Gasteiger partial charge in [0.25, 0.3) is 5.91 Å². The predicted molar refractivity (Wildman–Crippen MR) is 114 cm³/mol. The molecule has 2 aliphatic rings. The molecule has 29 heavy (non-hydrogen) atoms. The third-order valence-corrected chi connectivity index (χ3v) is 5.31. The molecule has 0 radical (unpaired) electrons. The molecule has 7 heteroatoms. The summed E-state index contributed by atoms with van der Waals surface area (Å²) in [6, 6.07) is 13.0. The van der Waals surface area contributed by atoms with Crippen LogP contribution in [0.25, 0.3) is 11.1 Å². The summed E-state index contributed by atoms with van der Waals surface area (Å²) in [7, 11) is 1.59. The average Bonchev–Trinajstić information content (AvgIpc) is 2.94. The molecule has 4 N–H and O–H groups in total.